The van der Waals surface area contributed by atoms with Gasteiger partial charge in [-0.25, -0.2) is 0 Å². The molecule has 3 heterocycles. The van der Waals surface area contributed by atoms with Gasteiger partial charge in [-0.1, -0.05) is 18.2 Å². The summed E-state index contributed by atoms with van der Waals surface area (Å²) < 4.78 is 17.0. The minimum atomic E-state index is -0.0635. The summed E-state index contributed by atoms with van der Waals surface area (Å²) in [4.78, 5) is 2.48. The van der Waals surface area contributed by atoms with Crippen LogP contribution in [-0.4, -0.2) is 43.9 Å². The lowest BCUT2D eigenvalue weighted by molar-refractivity contribution is -0.0289. The smallest absolute Gasteiger partial charge is 0.124 e. The van der Waals surface area contributed by atoms with Crippen molar-refractivity contribution in [3.05, 3.63) is 54.0 Å². The second-order valence-electron chi connectivity index (χ2n) is 7.43. The Morgan fingerprint density at radius 3 is 2.85 bits per heavy atom. The maximum Gasteiger partial charge on any atom is 0.124 e. The molecule has 0 aliphatic carbocycles. The van der Waals surface area contributed by atoms with Crippen molar-refractivity contribution in [2.24, 2.45) is 0 Å². The fourth-order valence-corrected chi connectivity index (χ4v) is 4.15. The van der Waals surface area contributed by atoms with Crippen molar-refractivity contribution in [2.45, 2.75) is 37.5 Å². The molecule has 2 aromatic rings. The van der Waals surface area contributed by atoms with Gasteiger partial charge in [0.05, 0.1) is 19.1 Å². The number of likely N-dealkylation sites (tertiary alicyclic amines) is 1. The van der Waals surface area contributed by atoms with Gasteiger partial charge in [0.25, 0.3) is 0 Å². The van der Waals surface area contributed by atoms with Crippen molar-refractivity contribution < 1.29 is 13.9 Å². The molecule has 0 amide bonds. The van der Waals surface area contributed by atoms with Gasteiger partial charge in [0, 0.05) is 56.9 Å². The van der Waals surface area contributed by atoms with Gasteiger partial charge in [0.1, 0.15) is 11.4 Å². The van der Waals surface area contributed by atoms with Crippen LogP contribution >= 0.6 is 0 Å². The van der Waals surface area contributed by atoms with Gasteiger partial charge < -0.3 is 24.1 Å². The number of hydrogen-bond acceptors (Lipinski definition) is 5. The predicted molar refractivity (Wildman–Crippen MR) is 100 cm³/mol. The van der Waals surface area contributed by atoms with Gasteiger partial charge >= 0.3 is 0 Å². The third-order valence-electron chi connectivity index (χ3n) is 5.71. The predicted octanol–water partition coefficient (Wildman–Crippen LogP) is 3.37. The fraction of sp³-hybridized carbons (Fsp3) is 0.524. The van der Waals surface area contributed by atoms with E-state index in [0.717, 1.165) is 57.8 Å². The summed E-state index contributed by atoms with van der Waals surface area (Å²) in [6.45, 7) is 4.75. The largest absolute Gasteiger partial charge is 0.487 e. The molecule has 2 aliphatic heterocycles. The average molecular weight is 356 g/mol. The summed E-state index contributed by atoms with van der Waals surface area (Å²) in [6, 6.07) is 10.8. The molecule has 1 aromatic heterocycles. The van der Waals surface area contributed by atoms with Crippen molar-refractivity contribution in [2.75, 3.05) is 33.4 Å². The summed E-state index contributed by atoms with van der Waals surface area (Å²) in [5.41, 5.74) is 2.38. The molecule has 2 aliphatic rings. The van der Waals surface area contributed by atoms with Gasteiger partial charge in [-0.15, -0.1) is 0 Å². The molecular weight excluding hydrogens is 328 g/mol. The Bertz CT molecular complexity index is 693. The number of nitrogens with one attached hydrogen (secondary N) is 1. The minimum absolute atomic E-state index is 0.0635. The summed E-state index contributed by atoms with van der Waals surface area (Å²) >= 11 is 0. The lowest BCUT2D eigenvalue weighted by Gasteiger charge is -2.47. The molecule has 1 atom stereocenters. The zero-order chi connectivity index (χ0) is 17.8. The highest BCUT2D eigenvalue weighted by Crippen LogP contribution is 2.44. The Morgan fingerprint density at radius 1 is 1.23 bits per heavy atom. The number of ether oxygens (including phenoxy) is 2. The van der Waals surface area contributed by atoms with Gasteiger partial charge in [0.2, 0.25) is 0 Å². The Hall–Kier alpha value is -1.82. The monoisotopic (exact) mass is 356 g/mol. The highest BCUT2D eigenvalue weighted by molar-refractivity contribution is 5.39. The van der Waals surface area contributed by atoms with Crippen LogP contribution < -0.4 is 10.1 Å². The molecular formula is C21H28N2O3. The fourth-order valence-electron chi connectivity index (χ4n) is 4.15. The van der Waals surface area contributed by atoms with Crippen molar-refractivity contribution in [3.8, 4) is 5.75 Å². The van der Waals surface area contributed by atoms with E-state index in [4.69, 9.17) is 13.9 Å². The molecule has 140 valence electrons. The zero-order valence-corrected chi connectivity index (χ0v) is 15.4. The molecule has 4 rings (SSSR count). The Kier molecular flexibility index (Phi) is 5.29. The van der Waals surface area contributed by atoms with Crippen LogP contribution in [0.15, 0.2) is 47.3 Å². The quantitative estimate of drug-likeness (QED) is 0.860. The highest BCUT2D eigenvalue weighted by Gasteiger charge is 2.42. The average Bonchev–Trinajstić information content (AvgIpc) is 3.19. The number of hydrogen-bond donors (Lipinski definition) is 1. The second-order valence-corrected chi connectivity index (χ2v) is 7.43. The first-order chi connectivity index (χ1) is 12.8. The van der Waals surface area contributed by atoms with Crippen molar-refractivity contribution in [3.63, 3.8) is 0 Å². The molecule has 1 aromatic carbocycles. The van der Waals surface area contributed by atoms with E-state index in [1.165, 1.54) is 11.1 Å². The van der Waals surface area contributed by atoms with Crippen LogP contribution in [0.4, 0.5) is 0 Å². The molecule has 1 spiro atoms. The van der Waals surface area contributed by atoms with Gasteiger partial charge in [-0.2, -0.15) is 0 Å². The van der Waals surface area contributed by atoms with E-state index in [2.05, 4.69) is 34.5 Å². The van der Waals surface area contributed by atoms with E-state index in [1.807, 2.05) is 12.3 Å². The number of benzene rings is 1. The van der Waals surface area contributed by atoms with E-state index in [9.17, 15) is 0 Å². The van der Waals surface area contributed by atoms with Crippen LogP contribution in [-0.2, 0) is 11.3 Å². The SMILES string of the molecule is COCCN1CCC2(CC1)C[C@@H](NCc1ccoc1)c1ccccc1O2. The third-order valence-corrected chi connectivity index (χ3v) is 5.71. The summed E-state index contributed by atoms with van der Waals surface area (Å²) in [5, 5.41) is 3.72. The minimum Gasteiger partial charge on any atom is -0.487 e. The highest BCUT2D eigenvalue weighted by atomic mass is 16.5. The van der Waals surface area contributed by atoms with Gasteiger partial charge in [-0.05, 0) is 25.0 Å². The van der Waals surface area contributed by atoms with Crippen molar-refractivity contribution in [1.82, 2.24) is 10.2 Å². The van der Waals surface area contributed by atoms with Crippen LogP contribution in [0.5, 0.6) is 5.75 Å². The van der Waals surface area contributed by atoms with Crippen LogP contribution in [0.25, 0.3) is 0 Å². The first kappa shape index (κ1) is 17.6. The van der Waals surface area contributed by atoms with Crippen molar-refractivity contribution in [1.29, 1.82) is 0 Å². The standard InChI is InChI=1S/C21H28N2O3/c1-24-13-11-23-9-7-21(8-10-23)14-19(22-15-17-6-12-25-16-17)18-4-2-3-5-20(18)26-21/h2-6,12,16,19,22H,7-11,13-15H2,1H3/t19-/m1/s1. The van der Waals surface area contributed by atoms with Crippen LogP contribution in [0, 0.1) is 0 Å². The second kappa shape index (κ2) is 7.82. The summed E-state index contributed by atoms with van der Waals surface area (Å²) in [6.07, 6.45) is 6.68. The molecule has 0 saturated carbocycles. The van der Waals surface area contributed by atoms with Crippen LogP contribution in [0.1, 0.15) is 36.4 Å². The van der Waals surface area contributed by atoms with Crippen LogP contribution in [0.3, 0.4) is 0 Å². The normalized spacial score (nSPS) is 22.1. The molecule has 5 nitrogen and oxygen atoms in total. The number of fused-ring (bicyclic) bond motifs is 1. The molecule has 0 bridgehead atoms. The Morgan fingerprint density at radius 2 is 2.08 bits per heavy atom. The van der Waals surface area contributed by atoms with Crippen molar-refractivity contribution >= 4 is 0 Å². The van der Waals surface area contributed by atoms with E-state index in [1.54, 1.807) is 13.4 Å². The number of para-hydroxylation sites is 1. The molecule has 1 N–H and O–H groups in total. The zero-order valence-electron chi connectivity index (χ0n) is 15.4. The molecule has 1 fully saturated rings. The first-order valence-electron chi connectivity index (χ1n) is 9.52. The number of nitrogens with zero attached hydrogens (tertiary/aromatic N) is 1. The van der Waals surface area contributed by atoms with Crippen LogP contribution in [0.2, 0.25) is 0 Å². The van der Waals surface area contributed by atoms with E-state index in [0.29, 0.717) is 6.04 Å². The molecule has 1 saturated heterocycles. The first-order valence-corrected chi connectivity index (χ1v) is 9.52. The lowest BCUT2D eigenvalue weighted by Crippen LogP contribution is -2.52. The summed E-state index contributed by atoms with van der Waals surface area (Å²) in [7, 11) is 1.77. The van der Waals surface area contributed by atoms with E-state index in [-0.39, 0.29) is 5.60 Å². The summed E-state index contributed by atoms with van der Waals surface area (Å²) in [5.74, 6) is 1.04. The number of methoxy groups -OCH3 is 1. The van der Waals surface area contributed by atoms with E-state index >= 15 is 0 Å². The molecule has 0 radical (unpaired) electrons. The molecule has 0 unspecified atom stereocenters. The third kappa shape index (κ3) is 3.80. The van der Waals surface area contributed by atoms with E-state index < -0.39 is 0 Å². The maximum atomic E-state index is 6.56. The topological polar surface area (TPSA) is 46.9 Å². The Labute approximate surface area is 155 Å². The molecule has 5 heteroatoms. The van der Waals surface area contributed by atoms with Gasteiger partial charge in [0.15, 0.2) is 0 Å². The Balaban J connectivity index is 1.47. The number of furan rings is 1. The number of rotatable bonds is 6. The maximum absolute atomic E-state index is 6.56. The number of piperidine rings is 1. The lowest BCUT2D eigenvalue weighted by atomic mass is 9.80. The molecule has 26 heavy (non-hydrogen) atoms. The van der Waals surface area contributed by atoms with Gasteiger partial charge in [-0.3, -0.25) is 0 Å².